The van der Waals surface area contributed by atoms with Crippen LogP contribution in [0.3, 0.4) is 0 Å². The predicted molar refractivity (Wildman–Crippen MR) is 180 cm³/mol. The SMILES string of the molecule is c1ccc(-c2cc(-c3ccc(-c4cccc5c4sc4ccccc45)cc3)nc(-c3ccc(-c4cccnc4)cc3)n2)cc1. The van der Waals surface area contributed by atoms with Crippen molar-refractivity contribution in [1.29, 1.82) is 0 Å². The summed E-state index contributed by atoms with van der Waals surface area (Å²) in [7, 11) is 0. The van der Waals surface area contributed by atoms with Gasteiger partial charge in [-0.1, -0.05) is 121 Å². The molecule has 0 saturated heterocycles. The van der Waals surface area contributed by atoms with Crippen LogP contribution in [-0.2, 0) is 0 Å². The fraction of sp³-hybridized carbons (Fsp3) is 0. The van der Waals surface area contributed by atoms with Crippen molar-refractivity contribution >= 4 is 31.5 Å². The molecule has 0 aliphatic heterocycles. The molecule has 8 rings (SSSR count). The lowest BCUT2D eigenvalue weighted by atomic mass is 10.00. The predicted octanol–water partition coefficient (Wildman–Crippen LogP) is 10.6. The second kappa shape index (κ2) is 10.8. The van der Waals surface area contributed by atoms with Crippen LogP contribution < -0.4 is 0 Å². The minimum atomic E-state index is 0.702. The molecule has 0 unspecified atom stereocenters. The van der Waals surface area contributed by atoms with E-state index in [4.69, 9.17) is 9.97 Å². The van der Waals surface area contributed by atoms with Gasteiger partial charge in [0.15, 0.2) is 5.82 Å². The summed E-state index contributed by atoms with van der Waals surface area (Å²) in [6, 6.07) is 48.8. The molecular formula is C39H25N3S. The van der Waals surface area contributed by atoms with E-state index in [9.17, 15) is 0 Å². The van der Waals surface area contributed by atoms with Gasteiger partial charge in [-0.05, 0) is 40.5 Å². The van der Waals surface area contributed by atoms with Crippen molar-refractivity contribution in [2.24, 2.45) is 0 Å². The van der Waals surface area contributed by atoms with Crippen LogP contribution >= 0.6 is 11.3 Å². The molecule has 43 heavy (non-hydrogen) atoms. The molecule has 3 aromatic heterocycles. The van der Waals surface area contributed by atoms with E-state index in [0.717, 1.165) is 39.2 Å². The molecule has 0 atom stereocenters. The smallest absolute Gasteiger partial charge is 0.160 e. The molecule has 0 N–H and O–H groups in total. The fourth-order valence-corrected chi connectivity index (χ4v) is 6.86. The Labute approximate surface area is 253 Å². The molecule has 202 valence electrons. The van der Waals surface area contributed by atoms with Gasteiger partial charge < -0.3 is 0 Å². The van der Waals surface area contributed by atoms with E-state index in [1.54, 1.807) is 6.20 Å². The molecule has 0 radical (unpaired) electrons. The summed E-state index contributed by atoms with van der Waals surface area (Å²) >= 11 is 1.86. The summed E-state index contributed by atoms with van der Waals surface area (Å²) in [4.78, 5) is 14.3. The van der Waals surface area contributed by atoms with Gasteiger partial charge in [0.1, 0.15) is 0 Å². The average Bonchev–Trinajstić information content (AvgIpc) is 3.48. The maximum Gasteiger partial charge on any atom is 0.160 e. The van der Waals surface area contributed by atoms with Crippen molar-refractivity contribution in [2.75, 3.05) is 0 Å². The molecule has 0 saturated carbocycles. The first-order valence-electron chi connectivity index (χ1n) is 14.3. The monoisotopic (exact) mass is 567 g/mol. The van der Waals surface area contributed by atoms with Crippen LogP contribution in [0.15, 0.2) is 152 Å². The number of nitrogens with zero attached hydrogens (tertiary/aromatic N) is 3. The summed E-state index contributed by atoms with van der Waals surface area (Å²) in [6.45, 7) is 0. The van der Waals surface area contributed by atoms with Gasteiger partial charge in [0.05, 0.1) is 11.4 Å². The highest BCUT2D eigenvalue weighted by molar-refractivity contribution is 7.26. The molecule has 0 fully saturated rings. The largest absolute Gasteiger partial charge is 0.264 e. The van der Waals surface area contributed by atoms with E-state index in [-0.39, 0.29) is 0 Å². The first-order valence-corrected chi connectivity index (χ1v) is 15.1. The van der Waals surface area contributed by atoms with E-state index in [2.05, 4.69) is 120 Å². The minimum Gasteiger partial charge on any atom is -0.264 e. The van der Waals surface area contributed by atoms with Crippen LogP contribution in [0, 0.1) is 0 Å². The first-order chi connectivity index (χ1) is 21.3. The minimum absolute atomic E-state index is 0.702. The molecule has 0 amide bonds. The Morgan fingerprint density at radius 3 is 1.84 bits per heavy atom. The Kier molecular flexibility index (Phi) is 6.32. The van der Waals surface area contributed by atoms with Crippen LogP contribution in [0.2, 0.25) is 0 Å². The molecule has 8 aromatic rings. The van der Waals surface area contributed by atoms with Gasteiger partial charge in [0.25, 0.3) is 0 Å². The third-order valence-corrected chi connectivity index (χ3v) is 9.05. The van der Waals surface area contributed by atoms with Gasteiger partial charge in [0.2, 0.25) is 0 Å². The summed E-state index contributed by atoms with van der Waals surface area (Å²) in [6.07, 6.45) is 3.67. The van der Waals surface area contributed by atoms with Gasteiger partial charge in [0, 0.05) is 49.3 Å². The van der Waals surface area contributed by atoms with Crippen molar-refractivity contribution in [1.82, 2.24) is 15.0 Å². The molecule has 0 spiro atoms. The van der Waals surface area contributed by atoms with E-state index in [1.165, 1.54) is 31.3 Å². The molecule has 5 aromatic carbocycles. The molecule has 0 bridgehead atoms. The van der Waals surface area contributed by atoms with Gasteiger partial charge in [-0.3, -0.25) is 4.98 Å². The lowest BCUT2D eigenvalue weighted by Gasteiger charge is -2.11. The van der Waals surface area contributed by atoms with Crippen molar-refractivity contribution in [3.05, 3.63) is 152 Å². The maximum atomic E-state index is 5.06. The van der Waals surface area contributed by atoms with Crippen molar-refractivity contribution in [3.8, 4) is 56.2 Å². The van der Waals surface area contributed by atoms with Crippen LogP contribution in [0.1, 0.15) is 0 Å². The van der Waals surface area contributed by atoms with E-state index in [0.29, 0.717) is 5.82 Å². The van der Waals surface area contributed by atoms with Gasteiger partial charge in [-0.25, -0.2) is 9.97 Å². The lowest BCUT2D eigenvalue weighted by Crippen LogP contribution is -1.96. The lowest BCUT2D eigenvalue weighted by molar-refractivity contribution is 1.18. The maximum absolute atomic E-state index is 5.06. The van der Waals surface area contributed by atoms with Gasteiger partial charge >= 0.3 is 0 Å². The standard InChI is InChI=1S/C39H25N3S/c1-2-8-28(9-3-1)35-24-36(42-39(41-35)30-21-15-26(16-22-30)31-10-7-23-40-25-31)29-19-17-27(18-20-29)32-12-6-13-34-33-11-4-5-14-37(33)43-38(32)34/h1-25H. The Balaban J connectivity index is 1.20. The highest BCUT2D eigenvalue weighted by atomic mass is 32.1. The number of hydrogen-bond donors (Lipinski definition) is 0. The van der Waals surface area contributed by atoms with E-state index >= 15 is 0 Å². The number of hydrogen-bond acceptors (Lipinski definition) is 4. The first kappa shape index (κ1) is 25.3. The zero-order chi connectivity index (χ0) is 28.6. The third-order valence-electron chi connectivity index (χ3n) is 7.83. The second-order valence-electron chi connectivity index (χ2n) is 10.5. The average molecular weight is 568 g/mol. The quantitative estimate of drug-likeness (QED) is 0.208. The third kappa shape index (κ3) is 4.78. The van der Waals surface area contributed by atoms with Crippen LogP contribution in [-0.4, -0.2) is 15.0 Å². The number of rotatable bonds is 5. The highest BCUT2D eigenvalue weighted by Crippen LogP contribution is 2.40. The summed E-state index contributed by atoms with van der Waals surface area (Å²) in [5.74, 6) is 0.702. The molecular weight excluding hydrogens is 543 g/mol. The number of pyridine rings is 1. The molecule has 3 heterocycles. The zero-order valence-corrected chi connectivity index (χ0v) is 24.0. The Hall–Kier alpha value is -5.45. The second-order valence-corrected chi connectivity index (χ2v) is 11.6. The molecule has 0 aliphatic carbocycles. The molecule has 4 heteroatoms. The molecule has 0 aliphatic rings. The van der Waals surface area contributed by atoms with Crippen LogP contribution in [0.25, 0.3) is 76.3 Å². The van der Waals surface area contributed by atoms with Crippen LogP contribution in [0.5, 0.6) is 0 Å². The van der Waals surface area contributed by atoms with Gasteiger partial charge in [-0.15, -0.1) is 11.3 Å². The summed E-state index contributed by atoms with van der Waals surface area (Å²) in [5, 5.41) is 2.63. The fourth-order valence-electron chi connectivity index (χ4n) is 5.62. The van der Waals surface area contributed by atoms with Gasteiger partial charge in [-0.2, -0.15) is 0 Å². The van der Waals surface area contributed by atoms with Crippen LogP contribution in [0.4, 0.5) is 0 Å². The Morgan fingerprint density at radius 1 is 0.442 bits per heavy atom. The van der Waals surface area contributed by atoms with E-state index in [1.807, 2.05) is 41.8 Å². The van der Waals surface area contributed by atoms with Crippen molar-refractivity contribution in [3.63, 3.8) is 0 Å². The Morgan fingerprint density at radius 2 is 1.07 bits per heavy atom. The van der Waals surface area contributed by atoms with E-state index < -0.39 is 0 Å². The normalized spacial score (nSPS) is 11.3. The summed E-state index contributed by atoms with van der Waals surface area (Å²) in [5.41, 5.74) is 9.53. The summed E-state index contributed by atoms with van der Waals surface area (Å²) < 4.78 is 2.64. The molecule has 3 nitrogen and oxygen atoms in total. The number of aromatic nitrogens is 3. The number of fused-ring (bicyclic) bond motifs is 3. The zero-order valence-electron chi connectivity index (χ0n) is 23.2. The van der Waals surface area contributed by atoms with Crippen molar-refractivity contribution < 1.29 is 0 Å². The highest BCUT2D eigenvalue weighted by Gasteiger charge is 2.13. The topological polar surface area (TPSA) is 38.7 Å². The number of thiophene rings is 1. The Bertz CT molecular complexity index is 2200. The van der Waals surface area contributed by atoms with Crippen molar-refractivity contribution in [2.45, 2.75) is 0 Å². The number of benzene rings is 5.